The molecule has 0 saturated carbocycles. The average Bonchev–Trinajstić information content (AvgIpc) is 2.67. The molecule has 2 aromatic carbocycles. The molecule has 0 heterocycles. The van der Waals surface area contributed by atoms with E-state index in [0.717, 1.165) is 30.6 Å². The van der Waals surface area contributed by atoms with Crippen molar-refractivity contribution in [3.63, 3.8) is 0 Å². The van der Waals surface area contributed by atoms with Crippen LogP contribution < -0.4 is 4.74 Å². The van der Waals surface area contributed by atoms with Gasteiger partial charge in [0.2, 0.25) is 0 Å². The van der Waals surface area contributed by atoms with E-state index in [1.54, 1.807) is 7.11 Å². The van der Waals surface area contributed by atoms with E-state index in [0.29, 0.717) is 5.92 Å². The summed E-state index contributed by atoms with van der Waals surface area (Å²) in [5.74, 6) is 8.11. The number of rotatable bonds is 3. The van der Waals surface area contributed by atoms with Gasteiger partial charge in [-0.05, 0) is 72.6 Å². The van der Waals surface area contributed by atoms with E-state index in [2.05, 4.69) is 49.1 Å². The Bertz CT molecular complexity index is 754. The first-order chi connectivity index (χ1) is 11.8. The van der Waals surface area contributed by atoms with Gasteiger partial charge in [-0.15, -0.1) is 0 Å². The third-order valence-corrected chi connectivity index (χ3v) is 4.73. The highest BCUT2D eigenvalue weighted by molar-refractivity contribution is 5.43. The second-order valence-corrected chi connectivity index (χ2v) is 6.27. The van der Waals surface area contributed by atoms with Crippen LogP contribution in [-0.2, 0) is 6.42 Å². The number of ether oxygens (including phenoxy) is 1. The molecule has 0 amide bonds. The molecule has 0 fully saturated rings. The molecule has 1 unspecified atom stereocenters. The Morgan fingerprint density at radius 2 is 1.75 bits per heavy atom. The van der Waals surface area contributed by atoms with Crippen LogP contribution in [0.15, 0.2) is 60.2 Å². The van der Waals surface area contributed by atoms with E-state index in [9.17, 15) is 0 Å². The molecular weight excluding hydrogens is 292 g/mol. The van der Waals surface area contributed by atoms with Crippen molar-refractivity contribution in [2.75, 3.05) is 7.11 Å². The van der Waals surface area contributed by atoms with E-state index in [4.69, 9.17) is 4.74 Å². The SMILES string of the molecule is CCc1ccc(C2CC=C(C#Cc3ccc(OC)cc3)CC2)cc1. The number of aryl methyl sites for hydroxylation is 1. The zero-order chi connectivity index (χ0) is 16.8. The third kappa shape index (κ3) is 4.09. The Kier molecular flexibility index (Phi) is 5.39. The number of hydrogen-bond donors (Lipinski definition) is 0. The van der Waals surface area contributed by atoms with Gasteiger partial charge in [0.05, 0.1) is 7.11 Å². The van der Waals surface area contributed by atoms with E-state index in [-0.39, 0.29) is 0 Å². The molecule has 24 heavy (non-hydrogen) atoms. The molecule has 1 nitrogen and oxygen atoms in total. The lowest BCUT2D eigenvalue weighted by molar-refractivity contribution is 0.415. The smallest absolute Gasteiger partial charge is 0.118 e. The van der Waals surface area contributed by atoms with Gasteiger partial charge in [-0.25, -0.2) is 0 Å². The van der Waals surface area contributed by atoms with Crippen LogP contribution in [0.25, 0.3) is 0 Å². The number of hydrogen-bond acceptors (Lipinski definition) is 1. The lowest BCUT2D eigenvalue weighted by Crippen LogP contribution is -2.03. The molecule has 0 spiro atoms. The van der Waals surface area contributed by atoms with Crippen molar-refractivity contribution in [2.24, 2.45) is 0 Å². The van der Waals surface area contributed by atoms with Crippen LogP contribution in [0.5, 0.6) is 5.75 Å². The van der Waals surface area contributed by atoms with Gasteiger partial charge in [0.1, 0.15) is 5.75 Å². The first-order valence-electron chi connectivity index (χ1n) is 8.72. The Balaban J connectivity index is 1.63. The highest BCUT2D eigenvalue weighted by Gasteiger charge is 2.15. The molecule has 0 saturated heterocycles. The first kappa shape index (κ1) is 16.4. The Morgan fingerprint density at radius 3 is 2.33 bits per heavy atom. The minimum Gasteiger partial charge on any atom is -0.497 e. The maximum absolute atomic E-state index is 5.17. The van der Waals surface area contributed by atoms with Crippen molar-refractivity contribution >= 4 is 0 Å². The molecule has 0 N–H and O–H groups in total. The lowest BCUT2D eigenvalue weighted by atomic mass is 9.84. The molecule has 1 heteroatoms. The van der Waals surface area contributed by atoms with Crippen LogP contribution in [-0.4, -0.2) is 7.11 Å². The minimum atomic E-state index is 0.641. The van der Waals surface area contributed by atoms with Gasteiger partial charge in [-0.3, -0.25) is 0 Å². The van der Waals surface area contributed by atoms with Crippen molar-refractivity contribution < 1.29 is 4.74 Å². The normalized spacial score (nSPS) is 16.8. The van der Waals surface area contributed by atoms with Crippen molar-refractivity contribution in [1.82, 2.24) is 0 Å². The fraction of sp³-hybridized carbons (Fsp3) is 0.304. The highest BCUT2D eigenvalue weighted by atomic mass is 16.5. The summed E-state index contributed by atoms with van der Waals surface area (Å²) in [7, 11) is 1.68. The summed E-state index contributed by atoms with van der Waals surface area (Å²) in [6, 6.07) is 17.0. The summed E-state index contributed by atoms with van der Waals surface area (Å²) < 4.78 is 5.17. The molecule has 0 aromatic heterocycles. The fourth-order valence-corrected chi connectivity index (χ4v) is 3.10. The largest absolute Gasteiger partial charge is 0.497 e. The Hall–Kier alpha value is -2.46. The Labute approximate surface area is 145 Å². The molecule has 0 aliphatic heterocycles. The molecular formula is C23H24O. The van der Waals surface area contributed by atoms with Crippen molar-refractivity contribution in [3.05, 3.63) is 76.9 Å². The number of allylic oxidation sites excluding steroid dienone is 2. The van der Waals surface area contributed by atoms with Gasteiger partial charge in [0, 0.05) is 5.56 Å². The maximum atomic E-state index is 5.17. The maximum Gasteiger partial charge on any atom is 0.118 e. The molecule has 2 aromatic rings. The van der Waals surface area contributed by atoms with Gasteiger partial charge in [0.15, 0.2) is 0 Å². The van der Waals surface area contributed by atoms with Crippen molar-refractivity contribution in [1.29, 1.82) is 0 Å². The van der Waals surface area contributed by atoms with Crippen LogP contribution in [0.4, 0.5) is 0 Å². The minimum absolute atomic E-state index is 0.641. The number of methoxy groups -OCH3 is 1. The van der Waals surface area contributed by atoms with E-state index < -0.39 is 0 Å². The molecule has 0 radical (unpaired) electrons. The summed E-state index contributed by atoms with van der Waals surface area (Å²) in [5.41, 5.74) is 5.18. The zero-order valence-electron chi connectivity index (χ0n) is 14.5. The van der Waals surface area contributed by atoms with Crippen LogP contribution in [0.1, 0.15) is 48.8 Å². The summed E-state index contributed by atoms with van der Waals surface area (Å²) in [5, 5.41) is 0. The topological polar surface area (TPSA) is 9.23 Å². The van der Waals surface area contributed by atoms with Crippen molar-refractivity contribution in [3.8, 4) is 17.6 Å². The molecule has 0 bridgehead atoms. The number of benzene rings is 2. The van der Waals surface area contributed by atoms with E-state index in [1.165, 1.54) is 23.1 Å². The predicted molar refractivity (Wildman–Crippen MR) is 100 cm³/mol. The van der Waals surface area contributed by atoms with Gasteiger partial charge in [-0.2, -0.15) is 0 Å². The predicted octanol–water partition coefficient (Wildman–Crippen LogP) is 5.50. The quantitative estimate of drug-likeness (QED) is 0.679. The summed E-state index contributed by atoms with van der Waals surface area (Å²) in [6.45, 7) is 2.20. The van der Waals surface area contributed by atoms with E-state index in [1.807, 2.05) is 24.3 Å². The van der Waals surface area contributed by atoms with Gasteiger partial charge in [-0.1, -0.05) is 49.1 Å². The molecule has 3 rings (SSSR count). The van der Waals surface area contributed by atoms with Crippen molar-refractivity contribution in [2.45, 2.75) is 38.5 Å². The summed E-state index contributed by atoms with van der Waals surface area (Å²) in [4.78, 5) is 0. The van der Waals surface area contributed by atoms with E-state index >= 15 is 0 Å². The van der Waals surface area contributed by atoms with Crippen LogP contribution >= 0.6 is 0 Å². The second kappa shape index (κ2) is 7.88. The molecule has 1 aliphatic rings. The van der Waals surface area contributed by atoms with Crippen LogP contribution in [0.3, 0.4) is 0 Å². The summed E-state index contributed by atoms with van der Waals surface area (Å²) >= 11 is 0. The first-order valence-corrected chi connectivity index (χ1v) is 8.72. The highest BCUT2D eigenvalue weighted by Crippen LogP contribution is 2.32. The zero-order valence-corrected chi connectivity index (χ0v) is 14.5. The average molecular weight is 316 g/mol. The van der Waals surface area contributed by atoms with Crippen LogP contribution in [0.2, 0.25) is 0 Å². The van der Waals surface area contributed by atoms with Gasteiger partial charge in [0.25, 0.3) is 0 Å². The van der Waals surface area contributed by atoms with Gasteiger partial charge >= 0.3 is 0 Å². The summed E-state index contributed by atoms with van der Waals surface area (Å²) in [6.07, 6.45) is 6.78. The van der Waals surface area contributed by atoms with Crippen LogP contribution in [0, 0.1) is 11.8 Å². The molecule has 122 valence electrons. The third-order valence-electron chi connectivity index (χ3n) is 4.73. The second-order valence-electron chi connectivity index (χ2n) is 6.27. The standard InChI is InChI=1S/C23H24O/c1-3-18-6-12-21(13-7-18)22-14-8-19(9-15-22)4-5-20-10-16-23(24-2)17-11-20/h6-8,10-13,16-17,22H,3,9,14-15H2,1-2H3. The molecule has 1 aliphatic carbocycles. The fourth-order valence-electron chi connectivity index (χ4n) is 3.10. The Morgan fingerprint density at radius 1 is 1.00 bits per heavy atom. The monoisotopic (exact) mass is 316 g/mol. The van der Waals surface area contributed by atoms with Gasteiger partial charge < -0.3 is 4.74 Å². The lowest BCUT2D eigenvalue weighted by Gasteiger charge is -2.20. The molecule has 1 atom stereocenters.